The Kier molecular flexibility index (Phi) is 4.18. The molecule has 1 aromatic heterocycles. The van der Waals surface area contributed by atoms with Crippen LogP contribution in [0.1, 0.15) is 30.9 Å². The molecule has 3 nitrogen and oxygen atoms in total. The lowest BCUT2D eigenvalue weighted by molar-refractivity contribution is -0.131. The van der Waals surface area contributed by atoms with Gasteiger partial charge in [0.05, 0.1) is 11.6 Å². The van der Waals surface area contributed by atoms with Crippen molar-refractivity contribution in [2.75, 3.05) is 13.6 Å². The Labute approximate surface area is 129 Å². The number of carbonyl (C=O) groups excluding carboxylic acids is 1. The van der Waals surface area contributed by atoms with Gasteiger partial charge in [-0.25, -0.2) is 4.39 Å². The van der Waals surface area contributed by atoms with Crippen LogP contribution in [0.25, 0.3) is 11.1 Å². The van der Waals surface area contributed by atoms with Crippen molar-refractivity contribution in [2.45, 2.75) is 25.2 Å². The van der Waals surface area contributed by atoms with Crippen molar-refractivity contribution < 1.29 is 9.18 Å². The van der Waals surface area contributed by atoms with E-state index in [0.29, 0.717) is 0 Å². The lowest BCUT2D eigenvalue weighted by Gasteiger charge is -2.19. The van der Waals surface area contributed by atoms with E-state index >= 15 is 0 Å². The zero-order valence-electron chi connectivity index (χ0n) is 12.6. The van der Waals surface area contributed by atoms with E-state index in [9.17, 15) is 9.18 Å². The van der Waals surface area contributed by atoms with Crippen molar-refractivity contribution in [2.24, 2.45) is 0 Å². The highest BCUT2D eigenvalue weighted by Gasteiger charge is 2.27. The average molecular weight is 298 g/mol. The van der Waals surface area contributed by atoms with E-state index in [1.807, 2.05) is 19.2 Å². The van der Waals surface area contributed by atoms with Crippen molar-refractivity contribution >= 4 is 5.91 Å². The number of aromatic nitrogens is 1. The normalized spacial score (nSPS) is 19.1. The Bertz CT molecular complexity index is 652. The van der Waals surface area contributed by atoms with Crippen LogP contribution in [0.3, 0.4) is 0 Å². The molecule has 1 fully saturated rings. The Morgan fingerprint density at radius 2 is 1.82 bits per heavy atom. The van der Waals surface area contributed by atoms with Gasteiger partial charge < -0.3 is 4.90 Å². The second-order valence-corrected chi connectivity index (χ2v) is 5.79. The number of likely N-dealkylation sites (N-methyl/N-ethyl adjacent to an activating group) is 1. The molecule has 1 unspecified atom stereocenters. The van der Waals surface area contributed by atoms with E-state index < -0.39 is 0 Å². The number of rotatable bonds is 2. The van der Waals surface area contributed by atoms with Crippen LogP contribution in [0.5, 0.6) is 0 Å². The summed E-state index contributed by atoms with van der Waals surface area (Å²) in [5.74, 6) is -0.241. The maximum absolute atomic E-state index is 13.0. The van der Waals surface area contributed by atoms with Crippen molar-refractivity contribution in [3.63, 3.8) is 0 Å². The summed E-state index contributed by atoms with van der Waals surface area (Å²) in [6.07, 6.45) is 4.71. The van der Waals surface area contributed by atoms with Crippen molar-refractivity contribution in [1.29, 1.82) is 0 Å². The van der Waals surface area contributed by atoms with Gasteiger partial charge in [-0.2, -0.15) is 0 Å². The quantitative estimate of drug-likeness (QED) is 0.848. The Hall–Kier alpha value is -2.23. The van der Waals surface area contributed by atoms with Gasteiger partial charge >= 0.3 is 0 Å². The number of hydrogen-bond donors (Lipinski definition) is 0. The van der Waals surface area contributed by atoms with Gasteiger partial charge in [0.25, 0.3) is 0 Å². The predicted molar refractivity (Wildman–Crippen MR) is 83.9 cm³/mol. The number of amides is 1. The maximum atomic E-state index is 13.0. The molecule has 1 amide bonds. The van der Waals surface area contributed by atoms with E-state index in [1.54, 1.807) is 23.2 Å². The lowest BCUT2D eigenvalue weighted by atomic mass is 9.97. The van der Waals surface area contributed by atoms with Crippen molar-refractivity contribution in [1.82, 2.24) is 9.88 Å². The fraction of sp³-hybridized carbons (Fsp3) is 0.333. The number of likely N-dealkylation sites (tertiary alicyclic amines) is 1. The number of nitrogens with zero attached hydrogens (tertiary/aromatic N) is 2. The minimum atomic E-state index is -0.250. The molecular formula is C18H19FN2O. The average Bonchev–Trinajstić information content (AvgIpc) is 2.71. The molecule has 0 saturated carbocycles. The van der Waals surface area contributed by atoms with Gasteiger partial charge in [0.1, 0.15) is 5.82 Å². The standard InChI is InChI=1S/C18H19FN2O/c1-21-11-3-2-4-16(18(21)22)17-10-7-14(12-20-17)13-5-8-15(19)9-6-13/h5-10,12,16H,2-4,11H2,1H3. The topological polar surface area (TPSA) is 33.2 Å². The molecule has 2 heterocycles. The smallest absolute Gasteiger partial charge is 0.231 e. The molecule has 0 radical (unpaired) electrons. The first kappa shape index (κ1) is 14.7. The van der Waals surface area contributed by atoms with Crippen LogP contribution in [-0.4, -0.2) is 29.4 Å². The molecule has 4 heteroatoms. The number of hydrogen-bond acceptors (Lipinski definition) is 2. The highest BCUT2D eigenvalue weighted by molar-refractivity contribution is 5.83. The first-order valence-electron chi connectivity index (χ1n) is 7.62. The highest BCUT2D eigenvalue weighted by Crippen LogP contribution is 2.27. The summed E-state index contributed by atoms with van der Waals surface area (Å²) in [5, 5.41) is 0. The third-order valence-corrected chi connectivity index (χ3v) is 4.23. The summed E-state index contributed by atoms with van der Waals surface area (Å²) in [5.41, 5.74) is 2.67. The van der Waals surface area contributed by atoms with Crippen molar-refractivity contribution in [3.8, 4) is 11.1 Å². The van der Waals surface area contributed by atoms with E-state index in [-0.39, 0.29) is 17.6 Å². The molecule has 2 aromatic rings. The number of carbonyl (C=O) groups is 1. The largest absolute Gasteiger partial charge is 0.345 e. The minimum Gasteiger partial charge on any atom is -0.345 e. The molecule has 3 rings (SSSR count). The number of halogens is 1. The van der Waals surface area contributed by atoms with Gasteiger partial charge in [-0.3, -0.25) is 9.78 Å². The van der Waals surface area contributed by atoms with Crippen molar-refractivity contribution in [3.05, 3.63) is 54.1 Å². The molecule has 1 aliphatic heterocycles. The minimum absolute atomic E-state index is 0.144. The second-order valence-electron chi connectivity index (χ2n) is 5.79. The van der Waals surface area contributed by atoms with Gasteiger partial charge in [-0.05, 0) is 36.6 Å². The van der Waals surface area contributed by atoms with Crippen LogP contribution in [0.2, 0.25) is 0 Å². The van der Waals surface area contributed by atoms with Crippen LogP contribution < -0.4 is 0 Å². The van der Waals surface area contributed by atoms with Gasteiger partial charge in [0.2, 0.25) is 5.91 Å². The van der Waals surface area contributed by atoms with E-state index in [4.69, 9.17) is 0 Å². The van der Waals surface area contributed by atoms with E-state index in [0.717, 1.165) is 42.6 Å². The molecule has 0 spiro atoms. The predicted octanol–water partition coefficient (Wildman–Crippen LogP) is 3.61. The highest BCUT2D eigenvalue weighted by atomic mass is 19.1. The zero-order valence-corrected chi connectivity index (χ0v) is 12.6. The third-order valence-electron chi connectivity index (χ3n) is 4.23. The number of pyridine rings is 1. The summed E-state index contributed by atoms with van der Waals surface area (Å²) in [7, 11) is 1.85. The maximum Gasteiger partial charge on any atom is 0.231 e. The monoisotopic (exact) mass is 298 g/mol. The van der Waals surface area contributed by atoms with Gasteiger partial charge in [-0.1, -0.05) is 24.6 Å². The fourth-order valence-corrected chi connectivity index (χ4v) is 2.90. The SMILES string of the molecule is CN1CCCCC(c2ccc(-c3ccc(F)cc3)cn2)C1=O. The lowest BCUT2D eigenvalue weighted by Crippen LogP contribution is -2.30. The summed E-state index contributed by atoms with van der Waals surface area (Å²) in [6.45, 7) is 0.822. The summed E-state index contributed by atoms with van der Waals surface area (Å²) >= 11 is 0. The first-order chi connectivity index (χ1) is 10.6. The van der Waals surface area contributed by atoms with E-state index in [2.05, 4.69) is 4.98 Å². The fourth-order valence-electron chi connectivity index (χ4n) is 2.90. The van der Waals surface area contributed by atoms with Gasteiger partial charge in [0.15, 0.2) is 0 Å². The molecule has 1 aliphatic rings. The first-order valence-corrected chi connectivity index (χ1v) is 7.62. The van der Waals surface area contributed by atoms with Crippen LogP contribution in [0.15, 0.2) is 42.6 Å². The summed E-state index contributed by atoms with van der Waals surface area (Å²) in [4.78, 5) is 18.7. The Balaban J connectivity index is 1.84. The van der Waals surface area contributed by atoms with E-state index in [1.165, 1.54) is 12.1 Å². The Morgan fingerprint density at radius 3 is 2.50 bits per heavy atom. The molecule has 1 saturated heterocycles. The molecular weight excluding hydrogens is 279 g/mol. The van der Waals surface area contributed by atoms with Crippen LogP contribution in [-0.2, 0) is 4.79 Å². The Morgan fingerprint density at radius 1 is 1.09 bits per heavy atom. The molecule has 0 aliphatic carbocycles. The summed E-state index contributed by atoms with van der Waals surface area (Å²) < 4.78 is 13.0. The third kappa shape index (κ3) is 3.01. The molecule has 1 atom stereocenters. The molecule has 0 bridgehead atoms. The summed E-state index contributed by atoms with van der Waals surface area (Å²) in [6, 6.07) is 10.2. The molecule has 0 N–H and O–H groups in total. The van der Waals surface area contributed by atoms with Gasteiger partial charge in [-0.15, -0.1) is 0 Å². The number of benzene rings is 1. The van der Waals surface area contributed by atoms with Crippen LogP contribution in [0, 0.1) is 5.82 Å². The molecule has 1 aromatic carbocycles. The van der Waals surface area contributed by atoms with Crippen LogP contribution >= 0.6 is 0 Å². The van der Waals surface area contributed by atoms with Crippen LogP contribution in [0.4, 0.5) is 4.39 Å². The second kappa shape index (κ2) is 6.26. The zero-order chi connectivity index (χ0) is 15.5. The van der Waals surface area contributed by atoms with Gasteiger partial charge in [0, 0.05) is 25.4 Å². The molecule has 22 heavy (non-hydrogen) atoms. The molecule has 114 valence electrons.